The quantitative estimate of drug-likeness (QED) is 0.857. The van der Waals surface area contributed by atoms with E-state index in [1.807, 2.05) is 6.92 Å². The van der Waals surface area contributed by atoms with Crippen LogP contribution in [0.2, 0.25) is 0 Å². The Labute approximate surface area is 151 Å². The van der Waals surface area contributed by atoms with Crippen LogP contribution < -0.4 is 5.73 Å². The highest BCUT2D eigenvalue weighted by molar-refractivity contribution is 5.95. The van der Waals surface area contributed by atoms with Crippen molar-refractivity contribution >= 4 is 11.8 Å². The Morgan fingerprint density at radius 1 is 1.38 bits per heavy atom. The van der Waals surface area contributed by atoms with Crippen molar-refractivity contribution in [1.82, 2.24) is 14.8 Å². The first-order chi connectivity index (χ1) is 12.4. The first-order valence-corrected chi connectivity index (χ1v) is 8.99. The average molecular weight is 366 g/mol. The second-order valence-electron chi connectivity index (χ2n) is 7.17. The molecule has 26 heavy (non-hydrogen) atoms. The van der Waals surface area contributed by atoms with Gasteiger partial charge < -0.3 is 15.5 Å². The van der Waals surface area contributed by atoms with Gasteiger partial charge in [-0.05, 0) is 38.7 Å². The third-order valence-electron chi connectivity index (χ3n) is 5.30. The van der Waals surface area contributed by atoms with Crippen molar-refractivity contribution in [3.05, 3.63) is 29.8 Å². The SMILES string of the molecule is CC1CCC(CC[C@H](N)C(=O)N2CC(F)C2)N1C(=O)c1ccncc1F. The fourth-order valence-corrected chi connectivity index (χ4v) is 3.74. The fraction of sp³-hybridized carbons (Fsp3) is 0.611. The van der Waals surface area contributed by atoms with E-state index in [1.54, 1.807) is 4.90 Å². The van der Waals surface area contributed by atoms with Gasteiger partial charge in [0, 0.05) is 18.3 Å². The summed E-state index contributed by atoms with van der Waals surface area (Å²) in [6.45, 7) is 2.15. The van der Waals surface area contributed by atoms with E-state index >= 15 is 0 Å². The number of rotatable bonds is 5. The number of nitrogens with zero attached hydrogens (tertiary/aromatic N) is 3. The molecular weight excluding hydrogens is 342 g/mol. The molecule has 2 unspecified atom stereocenters. The second-order valence-corrected chi connectivity index (χ2v) is 7.17. The molecule has 0 radical (unpaired) electrons. The van der Waals surface area contributed by atoms with Gasteiger partial charge in [0.15, 0.2) is 5.82 Å². The van der Waals surface area contributed by atoms with Crippen LogP contribution >= 0.6 is 0 Å². The van der Waals surface area contributed by atoms with E-state index in [1.165, 1.54) is 17.2 Å². The highest BCUT2D eigenvalue weighted by Crippen LogP contribution is 2.29. The van der Waals surface area contributed by atoms with Gasteiger partial charge in [0.1, 0.15) is 6.17 Å². The Balaban J connectivity index is 1.61. The molecule has 3 heterocycles. The first kappa shape index (κ1) is 18.7. The van der Waals surface area contributed by atoms with Crippen molar-refractivity contribution in [2.24, 2.45) is 5.73 Å². The van der Waals surface area contributed by atoms with E-state index in [2.05, 4.69) is 4.98 Å². The molecule has 6 nitrogen and oxygen atoms in total. The van der Waals surface area contributed by atoms with E-state index < -0.39 is 18.0 Å². The lowest BCUT2D eigenvalue weighted by atomic mass is 10.0. The number of hydrogen-bond acceptors (Lipinski definition) is 4. The Bertz CT molecular complexity index is 681. The van der Waals surface area contributed by atoms with Gasteiger partial charge in [0.2, 0.25) is 5.91 Å². The zero-order chi connectivity index (χ0) is 18.8. The number of likely N-dealkylation sites (tertiary alicyclic amines) is 2. The van der Waals surface area contributed by atoms with E-state index in [9.17, 15) is 18.4 Å². The van der Waals surface area contributed by atoms with Crippen LogP contribution in [0, 0.1) is 5.82 Å². The standard InChI is InChI=1S/C18H24F2N4O2/c1-11-2-3-13(4-5-16(21)18(26)23-9-12(19)10-23)24(11)17(25)14-6-7-22-8-15(14)20/h6-8,11-13,16H,2-5,9-10,21H2,1H3/t11?,13?,16-/m0/s1. The summed E-state index contributed by atoms with van der Waals surface area (Å²) >= 11 is 0. The van der Waals surface area contributed by atoms with Crippen LogP contribution in [0.15, 0.2) is 18.5 Å². The monoisotopic (exact) mass is 366 g/mol. The van der Waals surface area contributed by atoms with Gasteiger partial charge in [-0.3, -0.25) is 14.6 Å². The van der Waals surface area contributed by atoms with Gasteiger partial charge >= 0.3 is 0 Å². The summed E-state index contributed by atoms with van der Waals surface area (Å²) in [5.74, 6) is -1.24. The second kappa shape index (κ2) is 7.65. The first-order valence-electron chi connectivity index (χ1n) is 8.99. The van der Waals surface area contributed by atoms with Gasteiger partial charge in [-0.2, -0.15) is 0 Å². The third kappa shape index (κ3) is 3.70. The zero-order valence-corrected chi connectivity index (χ0v) is 14.8. The predicted molar refractivity (Wildman–Crippen MR) is 91.5 cm³/mol. The zero-order valence-electron chi connectivity index (χ0n) is 14.8. The lowest BCUT2D eigenvalue weighted by Gasteiger charge is -2.36. The van der Waals surface area contributed by atoms with Crippen molar-refractivity contribution in [2.75, 3.05) is 13.1 Å². The summed E-state index contributed by atoms with van der Waals surface area (Å²) in [5.41, 5.74) is 5.97. The topological polar surface area (TPSA) is 79.5 Å². The number of nitrogens with two attached hydrogens (primary N) is 1. The van der Waals surface area contributed by atoms with Crippen molar-refractivity contribution in [1.29, 1.82) is 0 Å². The molecule has 2 saturated heterocycles. The van der Waals surface area contributed by atoms with Crippen LogP contribution in [-0.2, 0) is 4.79 Å². The molecule has 0 saturated carbocycles. The number of pyridine rings is 1. The third-order valence-corrected chi connectivity index (χ3v) is 5.30. The molecular formula is C18H24F2N4O2. The molecule has 3 atom stereocenters. The number of halogens is 2. The number of alkyl halides is 1. The smallest absolute Gasteiger partial charge is 0.257 e. The van der Waals surface area contributed by atoms with Gasteiger partial charge in [-0.15, -0.1) is 0 Å². The van der Waals surface area contributed by atoms with Crippen molar-refractivity contribution in [3.8, 4) is 0 Å². The van der Waals surface area contributed by atoms with Crippen LogP contribution in [0.1, 0.15) is 43.0 Å². The normalized spacial score (nSPS) is 24.5. The van der Waals surface area contributed by atoms with Crippen LogP contribution in [0.4, 0.5) is 8.78 Å². The van der Waals surface area contributed by atoms with Gasteiger partial charge in [-0.1, -0.05) is 0 Å². The maximum Gasteiger partial charge on any atom is 0.257 e. The van der Waals surface area contributed by atoms with Gasteiger partial charge in [0.25, 0.3) is 5.91 Å². The minimum Gasteiger partial charge on any atom is -0.335 e. The molecule has 0 aromatic carbocycles. The number of amides is 2. The molecule has 2 aliphatic heterocycles. The number of hydrogen-bond donors (Lipinski definition) is 1. The molecule has 2 aliphatic rings. The predicted octanol–water partition coefficient (Wildman–Crippen LogP) is 1.50. The summed E-state index contributed by atoms with van der Waals surface area (Å²) < 4.78 is 26.8. The molecule has 142 valence electrons. The van der Waals surface area contributed by atoms with E-state index in [0.717, 1.165) is 19.0 Å². The highest BCUT2D eigenvalue weighted by Gasteiger charge is 2.37. The van der Waals surface area contributed by atoms with Crippen LogP contribution in [-0.4, -0.2) is 64.0 Å². The maximum atomic E-state index is 13.9. The molecule has 0 spiro atoms. The molecule has 1 aromatic heterocycles. The molecule has 2 amide bonds. The Kier molecular flexibility index (Phi) is 5.50. The molecule has 3 rings (SSSR count). The van der Waals surface area contributed by atoms with Crippen molar-refractivity contribution < 1.29 is 18.4 Å². The molecule has 2 fully saturated rings. The molecule has 2 N–H and O–H groups in total. The lowest BCUT2D eigenvalue weighted by Crippen LogP contribution is -2.56. The number of aromatic nitrogens is 1. The maximum absolute atomic E-state index is 13.9. The Morgan fingerprint density at radius 3 is 2.77 bits per heavy atom. The number of carbonyl (C=O) groups is 2. The summed E-state index contributed by atoms with van der Waals surface area (Å²) in [4.78, 5) is 31.7. The average Bonchev–Trinajstić information content (AvgIpc) is 2.96. The largest absolute Gasteiger partial charge is 0.335 e. The van der Waals surface area contributed by atoms with E-state index in [4.69, 9.17) is 5.73 Å². The minimum absolute atomic E-state index is 0.00494. The molecule has 0 aliphatic carbocycles. The number of carbonyl (C=O) groups excluding carboxylic acids is 2. The summed E-state index contributed by atoms with van der Waals surface area (Å²) in [7, 11) is 0. The summed E-state index contributed by atoms with van der Waals surface area (Å²) in [6.07, 6.45) is 4.05. The minimum atomic E-state index is -0.954. The van der Waals surface area contributed by atoms with Gasteiger partial charge in [0.05, 0.1) is 30.9 Å². The van der Waals surface area contributed by atoms with Crippen LogP contribution in [0.3, 0.4) is 0 Å². The summed E-state index contributed by atoms with van der Waals surface area (Å²) in [5, 5.41) is 0. The van der Waals surface area contributed by atoms with Crippen molar-refractivity contribution in [2.45, 2.75) is 56.9 Å². The Hall–Kier alpha value is -2.09. The van der Waals surface area contributed by atoms with Crippen molar-refractivity contribution in [3.63, 3.8) is 0 Å². The summed E-state index contributed by atoms with van der Waals surface area (Å²) in [6, 6.07) is 0.587. The van der Waals surface area contributed by atoms with E-state index in [0.29, 0.717) is 12.8 Å². The molecule has 0 bridgehead atoms. The Morgan fingerprint density at radius 2 is 2.12 bits per heavy atom. The lowest BCUT2D eigenvalue weighted by molar-refractivity contribution is -0.139. The highest BCUT2D eigenvalue weighted by atomic mass is 19.1. The molecule has 1 aromatic rings. The molecule has 8 heteroatoms. The fourth-order valence-electron chi connectivity index (χ4n) is 3.74. The van der Waals surface area contributed by atoms with Crippen LogP contribution in [0.5, 0.6) is 0 Å². The van der Waals surface area contributed by atoms with E-state index in [-0.39, 0.29) is 42.6 Å². The van der Waals surface area contributed by atoms with Crippen LogP contribution in [0.25, 0.3) is 0 Å². The van der Waals surface area contributed by atoms with Gasteiger partial charge in [-0.25, -0.2) is 8.78 Å².